The predicted octanol–water partition coefficient (Wildman–Crippen LogP) is 2.76. The Bertz CT molecular complexity index is 483. The molecule has 0 fully saturated rings. The maximum Gasteiger partial charge on any atom is 0.213 e. The molecule has 0 bridgehead atoms. The van der Waals surface area contributed by atoms with Crippen LogP contribution in [-0.2, 0) is 0 Å². The summed E-state index contributed by atoms with van der Waals surface area (Å²) >= 11 is 0. The van der Waals surface area contributed by atoms with Crippen molar-refractivity contribution < 1.29 is 4.74 Å². The van der Waals surface area contributed by atoms with Crippen molar-refractivity contribution in [3.8, 4) is 5.88 Å². The molecule has 1 N–H and O–H groups in total. The smallest absolute Gasteiger partial charge is 0.213 e. The van der Waals surface area contributed by atoms with E-state index < -0.39 is 0 Å². The number of nitrogens with one attached hydrogen (secondary N) is 1. The van der Waals surface area contributed by atoms with Crippen molar-refractivity contribution in [3.63, 3.8) is 0 Å². The molecule has 0 atom stereocenters. The van der Waals surface area contributed by atoms with E-state index >= 15 is 0 Å². The predicted molar refractivity (Wildman–Crippen MR) is 78.1 cm³/mol. The Labute approximate surface area is 114 Å². The fourth-order valence-corrected chi connectivity index (χ4v) is 1.60. The maximum absolute atomic E-state index is 5.47. The summed E-state index contributed by atoms with van der Waals surface area (Å²) in [6.45, 7) is 2.26. The summed E-state index contributed by atoms with van der Waals surface area (Å²) in [4.78, 5) is 4.09. The topological polar surface area (TPSA) is 34.1 Å². The first-order valence-electron chi connectivity index (χ1n) is 6.41. The Morgan fingerprint density at radius 2 is 1.89 bits per heavy atom. The Balaban J connectivity index is 1.56. The molecule has 3 nitrogen and oxygen atoms in total. The van der Waals surface area contributed by atoms with Crippen molar-refractivity contribution in [1.82, 2.24) is 10.3 Å². The molecule has 1 aromatic carbocycles. The lowest BCUT2D eigenvalue weighted by Crippen LogP contribution is -2.21. The van der Waals surface area contributed by atoms with Crippen LogP contribution in [0.3, 0.4) is 0 Å². The zero-order chi connectivity index (χ0) is 13.2. The van der Waals surface area contributed by atoms with Gasteiger partial charge in [-0.15, -0.1) is 0 Å². The molecule has 2 rings (SSSR count). The first kappa shape index (κ1) is 13.3. The third-order valence-electron chi connectivity index (χ3n) is 2.54. The molecular weight excluding hydrogens is 236 g/mol. The van der Waals surface area contributed by atoms with E-state index in [-0.39, 0.29) is 0 Å². The molecule has 0 amide bonds. The molecule has 0 saturated heterocycles. The van der Waals surface area contributed by atoms with Gasteiger partial charge in [-0.1, -0.05) is 48.6 Å². The zero-order valence-corrected chi connectivity index (χ0v) is 10.8. The second-order valence-corrected chi connectivity index (χ2v) is 4.03. The van der Waals surface area contributed by atoms with Crippen molar-refractivity contribution in [2.75, 3.05) is 19.7 Å². The van der Waals surface area contributed by atoms with Crippen molar-refractivity contribution in [3.05, 3.63) is 66.4 Å². The van der Waals surface area contributed by atoms with Crippen molar-refractivity contribution in [2.24, 2.45) is 0 Å². The van der Waals surface area contributed by atoms with E-state index in [0.29, 0.717) is 12.5 Å². The quantitative estimate of drug-likeness (QED) is 0.771. The molecule has 0 aliphatic carbocycles. The third-order valence-corrected chi connectivity index (χ3v) is 2.54. The molecule has 3 heteroatoms. The minimum atomic E-state index is 0.621. The van der Waals surface area contributed by atoms with Crippen LogP contribution in [0.1, 0.15) is 5.56 Å². The number of hydrogen-bond acceptors (Lipinski definition) is 3. The van der Waals surface area contributed by atoms with Gasteiger partial charge in [0.05, 0.1) is 0 Å². The first-order chi connectivity index (χ1) is 9.45. The van der Waals surface area contributed by atoms with Crippen molar-refractivity contribution >= 4 is 6.08 Å². The van der Waals surface area contributed by atoms with Crippen molar-refractivity contribution in [2.45, 2.75) is 0 Å². The van der Waals surface area contributed by atoms with Gasteiger partial charge >= 0.3 is 0 Å². The summed E-state index contributed by atoms with van der Waals surface area (Å²) in [7, 11) is 0. The van der Waals surface area contributed by atoms with Gasteiger partial charge in [0.15, 0.2) is 0 Å². The number of nitrogens with zero attached hydrogens (tertiary/aromatic N) is 1. The van der Waals surface area contributed by atoms with E-state index in [1.165, 1.54) is 5.56 Å². The average Bonchev–Trinajstić information content (AvgIpc) is 2.48. The summed E-state index contributed by atoms with van der Waals surface area (Å²) in [6.07, 6.45) is 5.94. The number of pyridine rings is 1. The van der Waals surface area contributed by atoms with Gasteiger partial charge in [-0.05, 0) is 11.6 Å². The van der Waals surface area contributed by atoms with Gasteiger partial charge in [0.25, 0.3) is 0 Å². The van der Waals surface area contributed by atoms with Crippen LogP contribution < -0.4 is 10.1 Å². The van der Waals surface area contributed by atoms with Gasteiger partial charge in [-0.2, -0.15) is 0 Å². The van der Waals surface area contributed by atoms with Crippen LogP contribution in [0.25, 0.3) is 6.08 Å². The maximum atomic E-state index is 5.47. The summed E-state index contributed by atoms with van der Waals surface area (Å²) < 4.78 is 5.47. The lowest BCUT2D eigenvalue weighted by atomic mass is 10.2. The van der Waals surface area contributed by atoms with Crippen molar-refractivity contribution in [1.29, 1.82) is 0 Å². The van der Waals surface area contributed by atoms with Crippen LogP contribution in [0.2, 0.25) is 0 Å². The van der Waals surface area contributed by atoms with E-state index in [9.17, 15) is 0 Å². The standard InChI is InChI=1S/C16H18N2O/c1-2-7-15(8-3-1)9-6-11-17-13-14-19-16-10-4-5-12-18-16/h1-10,12,17H,11,13-14H2. The summed E-state index contributed by atoms with van der Waals surface area (Å²) in [6, 6.07) is 15.9. The molecule has 1 heterocycles. The Kier molecular flexibility index (Phi) is 5.64. The average molecular weight is 254 g/mol. The SMILES string of the molecule is C(=Cc1ccccc1)CNCCOc1ccccn1. The highest BCUT2D eigenvalue weighted by Gasteiger charge is 1.91. The van der Waals surface area contributed by atoms with Gasteiger partial charge in [0, 0.05) is 25.4 Å². The number of ether oxygens (including phenoxy) is 1. The van der Waals surface area contributed by atoms with Gasteiger partial charge < -0.3 is 10.1 Å². The first-order valence-corrected chi connectivity index (χ1v) is 6.41. The fourth-order valence-electron chi connectivity index (χ4n) is 1.60. The normalized spacial score (nSPS) is 10.7. The molecule has 19 heavy (non-hydrogen) atoms. The highest BCUT2D eigenvalue weighted by molar-refractivity contribution is 5.48. The Morgan fingerprint density at radius 3 is 2.68 bits per heavy atom. The molecular formula is C16H18N2O. The largest absolute Gasteiger partial charge is 0.476 e. The van der Waals surface area contributed by atoms with Crippen LogP contribution in [0.4, 0.5) is 0 Å². The van der Waals surface area contributed by atoms with Crippen LogP contribution in [0.15, 0.2) is 60.8 Å². The minimum Gasteiger partial charge on any atom is -0.476 e. The number of hydrogen-bond donors (Lipinski definition) is 1. The molecule has 0 spiro atoms. The lowest BCUT2D eigenvalue weighted by molar-refractivity contribution is 0.304. The van der Waals surface area contributed by atoms with Gasteiger partial charge in [-0.25, -0.2) is 4.98 Å². The van der Waals surface area contributed by atoms with Crippen LogP contribution in [0.5, 0.6) is 5.88 Å². The van der Waals surface area contributed by atoms with Gasteiger partial charge in [0.1, 0.15) is 6.61 Å². The Morgan fingerprint density at radius 1 is 1.05 bits per heavy atom. The number of aromatic nitrogens is 1. The fraction of sp³-hybridized carbons (Fsp3) is 0.188. The molecule has 0 aliphatic heterocycles. The molecule has 0 radical (unpaired) electrons. The lowest BCUT2D eigenvalue weighted by Gasteiger charge is -2.04. The number of rotatable bonds is 7. The monoisotopic (exact) mass is 254 g/mol. The zero-order valence-electron chi connectivity index (χ0n) is 10.8. The third kappa shape index (κ3) is 5.36. The summed E-state index contributed by atoms with van der Waals surface area (Å²) in [5.41, 5.74) is 1.22. The van der Waals surface area contributed by atoms with Crippen LogP contribution in [0, 0.1) is 0 Å². The second-order valence-electron chi connectivity index (χ2n) is 4.03. The van der Waals surface area contributed by atoms with Gasteiger partial charge in [0.2, 0.25) is 5.88 Å². The summed E-state index contributed by atoms with van der Waals surface area (Å²) in [5, 5.41) is 3.29. The number of benzene rings is 1. The minimum absolute atomic E-state index is 0.621. The molecule has 0 aliphatic rings. The van der Waals surface area contributed by atoms with E-state index in [4.69, 9.17) is 4.74 Å². The molecule has 2 aromatic rings. The highest BCUT2D eigenvalue weighted by atomic mass is 16.5. The van der Waals surface area contributed by atoms with E-state index in [0.717, 1.165) is 13.1 Å². The molecule has 0 unspecified atom stereocenters. The summed E-state index contributed by atoms with van der Waals surface area (Å²) in [5.74, 6) is 0.670. The Hall–Kier alpha value is -2.13. The van der Waals surface area contributed by atoms with Crippen LogP contribution >= 0.6 is 0 Å². The van der Waals surface area contributed by atoms with Gasteiger partial charge in [-0.3, -0.25) is 0 Å². The molecule has 1 aromatic heterocycles. The van der Waals surface area contributed by atoms with E-state index in [1.54, 1.807) is 6.20 Å². The molecule has 98 valence electrons. The van der Waals surface area contributed by atoms with E-state index in [2.05, 4.69) is 34.6 Å². The van der Waals surface area contributed by atoms with E-state index in [1.807, 2.05) is 36.4 Å². The molecule has 0 saturated carbocycles. The van der Waals surface area contributed by atoms with Crippen LogP contribution in [-0.4, -0.2) is 24.7 Å². The second kappa shape index (κ2) is 8.06. The highest BCUT2D eigenvalue weighted by Crippen LogP contribution is 2.02.